The second-order valence-corrected chi connectivity index (χ2v) is 5.03. The summed E-state index contributed by atoms with van der Waals surface area (Å²) in [6, 6.07) is 4.78. The Bertz CT molecular complexity index is 465. The minimum absolute atomic E-state index is 0.0690. The molecule has 0 unspecified atom stereocenters. The highest BCUT2D eigenvalue weighted by atomic mass is 35.5. The zero-order chi connectivity index (χ0) is 16.4. The molecule has 7 heteroatoms. The minimum atomic E-state index is -0.264. The van der Waals surface area contributed by atoms with E-state index in [2.05, 4.69) is 5.32 Å². The van der Waals surface area contributed by atoms with Crippen molar-refractivity contribution < 1.29 is 19.4 Å². The number of halogens is 1. The van der Waals surface area contributed by atoms with Crippen molar-refractivity contribution in [3.8, 4) is 5.75 Å². The summed E-state index contributed by atoms with van der Waals surface area (Å²) in [5, 5.41) is 12.2. The van der Waals surface area contributed by atoms with Gasteiger partial charge in [0.25, 0.3) is 0 Å². The van der Waals surface area contributed by atoms with Crippen molar-refractivity contribution in [3.63, 3.8) is 0 Å². The number of hydrogen-bond acceptors (Lipinski definition) is 4. The van der Waals surface area contributed by atoms with Gasteiger partial charge in [-0.1, -0.05) is 18.5 Å². The van der Waals surface area contributed by atoms with E-state index < -0.39 is 0 Å². The summed E-state index contributed by atoms with van der Waals surface area (Å²) in [5.41, 5.74) is 0.577. The summed E-state index contributed by atoms with van der Waals surface area (Å²) in [5.74, 6) is 0.539. The number of benzene rings is 1. The van der Waals surface area contributed by atoms with Gasteiger partial charge in [-0.25, -0.2) is 4.79 Å². The first-order valence-corrected chi connectivity index (χ1v) is 7.58. The maximum absolute atomic E-state index is 12.1. The van der Waals surface area contributed by atoms with Gasteiger partial charge in [0.05, 0.1) is 18.2 Å². The van der Waals surface area contributed by atoms with Crippen LogP contribution in [0, 0.1) is 0 Å². The Hall–Kier alpha value is -1.50. The van der Waals surface area contributed by atoms with Crippen molar-refractivity contribution in [2.75, 3.05) is 45.3 Å². The largest absolute Gasteiger partial charge is 0.490 e. The van der Waals surface area contributed by atoms with E-state index in [9.17, 15) is 4.79 Å². The van der Waals surface area contributed by atoms with Crippen LogP contribution in [0.5, 0.6) is 5.75 Å². The number of urea groups is 1. The number of carbonyl (C=O) groups excluding carboxylic acids is 1. The monoisotopic (exact) mass is 330 g/mol. The van der Waals surface area contributed by atoms with E-state index in [0.717, 1.165) is 6.42 Å². The normalized spacial score (nSPS) is 10.4. The first-order valence-electron chi connectivity index (χ1n) is 7.20. The van der Waals surface area contributed by atoms with Gasteiger partial charge in [0, 0.05) is 25.9 Å². The maximum Gasteiger partial charge on any atom is 0.321 e. The Morgan fingerprint density at radius 2 is 2.14 bits per heavy atom. The van der Waals surface area contributed by atoms with Gasteiger partial charge in [0.15, 0.2) is 0 Å². The Labute approximate surface area is 136 Å². The SMILES string of the molecule is CCCN(CCO)C(=O)Nc1ccc(OCCOC)c(Cl)c1. The molecule has 2 N–H and O–H groups in total. The van der Waals surface area contributed by atoms with Gasteiger partial charge >= 0.3 is 6.03 Å². The summed E-state index contributed by atoms with van der Waals surface area (Å²) in [4.78, 5) is 13.7. The minimum Gasteiger partial charge on any atom is -0.490 e. The Morgan fingerprint density at radius 1 is 1.36 bits per heavy atom. The van der Waals surface area contributed by atoms with Crippen molar-refractivity contribution in [2.45, 2.75) is 13.3 Å². The quantitative estimate of drug-likeness (QED) is 0.683. The topological polar surface area (TPSA) is 71.0 Å². The summed E-state index contributed by atoms with van der Waals surface area (Å²) in [6.07, 6.45) is 0.820. The zero-order valence-corrected chi connectivity index (χ0v) is 13.7. The van der Waals surface area contributed by atoms with Crippen molar-refractivity contribution in [1.82, 2.24) is 4.90 Å². The molecule has 0 heterocycles. The molecule has 0 aliphatic carbocycles. The van der Waals surface area contributed by atoms with E-state index in [4.69, 9.17) is 26.2 Å². The second kappa shape index (κ2) is 10.3. The van der Waals surface area contributed by atoms with Crippen LogP contribution in [0.2, 0.25) is 5.02 Å². The molecule has 1 aromatic carbocycles. The van der Waals surface area contributed by atoms with Crippen molar-refractivity contribution >= 4 is 23.3 Å². The molecule has 0 bridgehead atoms. The zero-order valence-electron chi connectivity index (χ0n) is 13.0. The molecule has 0 radical (unpaired) electrons. The lowest BCUT2D eigenvalue weighted by Crippen LogP contribution is -2.37. The van der Waals surface area contributed by atoms with Gasteiger partial charge in [0.1, 0.15) is 12.4 Å². The molecule has 0 aliphatic heterocycles. The molecular formula is C15H23ClN2O4. The third-order valence-electron chi connectivity index (χ3n) is 2.88. The highest BCUT2D eigenvalue weighted by Crippen LogP contribution is 2.27. The summed E-state index contributed by atoms with van der Waals surface area (Å²) < 4.78 is 10.3. The molecule has 0 aromatic heterocycles. The Kier molecular flexibility index (Phi) is 8.65. The fourth-order valence-electron chi connectivity index (χ4n) is 1.84. The van der Waals surface area contributed by atoms with E-state index in [1.807, 2.05) is 6.92 Å². The van der Waals surface area contributed by atoms with Crippen LogP contribution in [0.1, 0.15) is 13.3 Å². The van der Waals surface area contributed by atoms with Crippen LogP contribution in [0.4, 0.5) is 10.5 Å². The van der Waals surface area contributed by atoms with E-state index in [0.29, 0.717) is 42.8 Å². The average Bonchev–Trinajstić information content (AvgIpc) is 2.49. The van der Waals surface area contributed by atoms with Gasteiger partial charge in [0.2, 0.25) is 0 Å². The van der Waals surface area contributed by atoms with Crippen LogP contribution < -0.4 is 10.1 Å². The molecule has 0 spiro atoms. The van der Waals surface area contributed by atoms with Gasteiger partial charge in [-0.3, -0.25) is 0 Å². The average molecular weight is 331 g/mol. The number of rotatable bonds is 9. The molecule has 0 saturated heterocycles. The molecule has 22 heavy (non-hydrogen) atoms. The fraction of sp³-hybridized carbons (Fsp3) is 0.533. The number of nitrogens with zero attached hydrogens (tertiary/aromatic N) is 1. The van der Waals surface area contributed by atoms with Crippen LogP contribution >= 0.6 is 11.6 Å². The molecule has 124 valence electrons. The highest BCUT2D eigenvalue weighted by Gasteiger charge is 2.13. The third-order valence-corrected chi connectivity index (χ3v) is 3.17. The summed E-state index contributed by atoms with van der Waals surface area (Å²) in [6.45, 7) is 3.66. The van der Waals surface area contributed by atoms with Crippen LogP contribution in [0.15, 0.2) is 18.2 Å². The number of hydrogen-bond donors (Lipinski definition) is 2. The van der Waals surface area contributed by atoms with E-state index in [1.54, 1.807) is 30.2 Å². The first-order chi connectivity index (χ1) is 10.6. The molecule has 0 aliphatic rings. The number of methoxy groups -OCH3 is 1. The molecule has 2 amide bonds. The fourth-order valence-corrected chi connectivity index (χ4v) is 2.07. The first kappa shape index (κ1) is 18.5. The molecule has 6 nitrogen and oxygen atoms in total. The number of anilines is 1. The lowest BCUT2D eigenvalue weighted by Gasteiger charge is -2.21. The summed E-state index contributed by atoms with van der Waals surface area (Å²) >= 11 is 6.12. The van der Waals surface area contributed by atoms with E-state index >= 15 is 0 Å². The lowest BCUT2D eigenvalue weighted by molar-refractivity contribution is 0.146. The number of aliphatic hydroxyl groups excluding tert-OH is 1. The van der Waals surface area contributed by atoms with Gasteiger partial charge in [-0.2, -0.15) is 0 Å². The number of ether oxygens (including phenoxy) is 2. The van der Waals surface area contributed by atoms with Gasteiger partial charge < -0.3 is 24.8 Å². The van der Waals surface area contributed by atoms with E-state index in [-0.39, 0.29) is 12.6 Å². The van der Waals surface area contributed by atoms with Crippen LogP contribution in [0.3, 0.4) is 0 Å². The third kappa shape index (κ3) is 6.09. The second-order valence-electron chi connectivity index (χ2n) is 4.63. The molecular weight excluding hydrogens is 308 g/mol. The van der Waals surface area contributed by atoms with Crippen LogP contribution in [0.25, 0.3) is 0 Å². The van der Waals surface area contributed by atoms with Crippen LogP contribution in [-0.4, -0.2) is 56.1 Å². The molecule has 1 aromatic rings. The molecule has 0 atom stereocenters. The van der Waals surface area contributed by atoms with Gasteiger partial charge in [-0.15, -0.1) is 0 Å². The molecule has 1 rings (SSSR count). The number of aliphatic hydroxyl groups is 1. The number of nitrogens with one attached hydrogen (secondary N) is 1. The van der Waals surface area contributed by atoms with Crippen molar-refractivity contribution in [2.24, 2.45) is 0 Å². The number of carbonyl (C=O) groups is 1. The predicted octanol–water partition coefficient (Wildman–Crippen LogP) is 2.60. The lowest BCUT2D eigenvalue weighted by atomic mass is 10.3. The van der Waals surface area contributed by atoms with Crippen LogP contribution in [-0.2, 0) is 4.74 Å². The standard InChI is InChI=1S/C15H23ClN2O4/c1-3-6-18(7-8-19)15(20)17-12-4-5-14(13(16)11-12)22-10-9-21-2/h4-5,11,19H,3,6-10H2,1-2H3,(H,17,20). The van der Waals surface area contributed by atoms with Crippen molar-refractivity contribution in [1.29, 1.82) is 0 Å². The summed E-state index contributed by atoms with van der Waals surface area (Å²) in [7, 11) is 1.60. The Morgan fingerprint density at radius 3 is 2.73 bits per heavy atom. The number of amides is 2. The predicted molar refractivity (Wildman–Crippen MR) is 86.8 cm³/mol. The maximum atomic E-state index is 12.1. The highest BCUT2D eigenvalue weighted by molar-refractivity contribution is 6.32. The Balaban J connectivity index is 2.65. The molecule has 0 saturated carbocycles. The molecule has 0 fully saturated rings. The smallest absolute Gasteiger partial charge is 0.321 e. The van der Waals surface area contributed by atoms with Gasteiger partial charge in [-0.05, 0) is 24.6 Å². The van der Waals surface area contributed by atoms with Crippen molar-refractivity contribution in [3.05, 3.63) is 23.2 Å². The van der Waals surface area contributed by atoms with E-state index in [1.165, 1.54) is 0 Å².